The summed E-state index contributed by atoms with van der Waals surface area (Å²) in [7, 11) is 0. The van der Waals surface area contributed by atoms with Crippen LogP contribution >= 0.6 is 11.6 Å². The van der Waals surface area contributed by atoms with Crippen molar-refractivity contribution in [3.63, 3.8) is 0 Å². The van der Waals surface area contributed by atoms with E-state index in [0.717, 1.165) is 11.1 Å². The molecular weight excluding hydrogens is 388 g/mol. The Labute approximate surface area is 178 Å². The molecule has 0 radical (unpaired) electrons. The van der Waals surface area contributed by atoms with Crippen molar-refractivity contribution in [3.8, 4) is 5.75 Å². The van der Waals surface area contributed by atoms with Crippen LogP contribution in [0.2, 0.25) is 5.02 Å². The fraction of sp³-hybridized carbons (Fsp3) is 0.391. The molecule has 1 atom stereocenters. The minimum atomic E-state index is -0.681. The first kappa shape index (κ1) is 22.8. The average molecular weight is 417 g/mol. The van der Waals surface area contributed by atoms with Crippen molar-refractivity contribution in [1.29, 1.82) is 0 Å². The minimum Gasteiger partial charge on any atom is -0.484 e. The Hall–Kier alpha value is -2.53. The molecule has 0 heterocycles. The van der Waals surface area contributed by atoms with Gasteiger partial charge < -0.3 is 15.0 Å². The molecule has 0 saturated heterocycles. The third-order valence-electron chi connectivity index (χ3n) is 4.35. The molecule has 0 aliphatic heterocycles. The summed E-state index contributed by atoms with van der Waals surface area (Å²) in [5, 5.41) is 3.48. The number of carbonyl (C=O) groups excluding carboxylic acids is 2. The normalized spacial score (nSPS) is 12.2. The lowest BCUT2D eigenvalue weighted by Crippen LogP contribution is -2.53. The summed E-state index contributed by atoms with van der Waals surface area (Å²) >= 11 is 6.28. The SMILES string of the molecule is Cc1ccc(OCC(=O)N(Cc2ccccc2Cl)C(C)C(=O)NC(C)(C)C)cc1. The van der Waals surface area contributed by atoms with Crippen LogP contribution in [0.15, 0.2) is 48.5 Å². The van der Waals surface area contributed by atoms with Gasteiger partial charge in [0.05, 0.1) is 0 Å². The molecule has 2 aromatic carbocycles. The van der Waals surface area contributed by atoms with E-state index in [4.69, 9.17) is 16.3 Å². The Morgan fingerprint density at radius 3 is 2.31 bits per heavy atom. The van der Waals surface area contributed by atoms with E-state index < -0.39 is 11.6 Å². The Balaban J connectivity index is 2.18. The van der Waals surface area contributed by atoms with Crippen LogP contribution in [-0.2, 0) is 16.1 Å². The van der Waals surface area contributed by atoms with E-state index in [9.17, 15) is 9.59 Å². The van der Waals surface area contributed by atoms with Crippen molar-refractivity contribution in [1.82, 2.24) is 10.2 Å². The van der Waals surface area contributed by atoms with Gasteiger partial charge in [-0.15, -0.1) is 0 Å². The van der Waals surface area contributed by atoms with Gasteiger partial charge in [0.15, 0.2) is 6.61 Å². The molecule has 29 heavy (non-hydrogen) atoms. The van der Waals surface area contributed by atoms with Gasteiger partial charge >= 0.3 is 0 Å². The molecule has 2 amide bonds. The standard InChI is InChI=1S/C23H29ClN2O3/c1-16-10-12-19(13-11-16)29-15-21(27)26(14-18-8-6-7-9-20(18)24)17(2)22(28)25-23(3,4)5/h6-13,17H,14-15H2,1-5H3,(H,25,28). The van der Waals surface area contributed by atoms with E-state index in [1.54, 1.807) is 13.0 Å². The lowest BCUT2D eigenvalue weighted by Gasteiger charge is -2.31. The fourth-order valence-corrected chi connectivity index (χ4v) is 2.92. The van der Waals surface area contributed by atoms with Crippen LogP contribution in [0.4, 0.5) is 0 Å². The molecule has 5 nitrogen and oxygen atoms in total. The molecule has 0 bridgehead atoms. The topological polar surface area (TPSA) is 58.6 Å². The third-order valence-corrected chi connectivity index (χ3v) is 4.72. The summed E-state index contributed by atoms with van der Waals surface area (Å²) in [6.45, 7) is 9.45. The minimum absolute atomic E-state index is 0.166. The lowest BCUT2D eigenvalue weighted by molar-refractivity contribution is -0.142. The van der Waals surface area contributed by atoms with E-state index in [1.807, 2.05) is 70.2 Å². The van der Waals surface area contributed by atoms with Crippen molar-refractivity contribution in [2.45, 2.75) is 52.7 Å². The number of halogens is 1. The highest BCUT2D eigenvalue weighted by atomic mass is 35.5. The van der Waals surface area contributed by atoms with Crippen LogP contribution in [0.3, 0.4) is 0 Å². The molecule has 6 heteroatoms. The highest BCUT2D eigenvalue weighted by Gasteiger charge is 2.29. The molecular formula is C23H29ClN2O3. The number of nitrogens with zero attached hydrogens (tertiary/aromatic N) is 1. The highest BCUT2D eigenvalue weighted by molar-refractivity contribution is 6.31. The first-order chi connectivity index (χ1) is 13.6. The second-order valence-corrected chi connectivity index (χ2v) is 8.54. The summed E-state index contributed by atoms with van der Waals surface area (Å²) in [6, 6.07) is 14.1. The van der Waals surface area contributed by atoms with Crippen molar-refractivity contribution in [2.75, 3.05) is 6.61 Å². The molecule has 1 N–H and O–H groups in total. The van der Waals surface area contributed by atoms with Crippen molar-refractivity contribution in [3.05, 3.63) is 64.7 Å². The molecule has 0 aromatic heterocycles. The predicted octanol–water partition coefficient (Wildman–Crippen LogP) is 4.36. The third kappa shape index (κ3) is 7.09. The van der Waals surface area contributed by atoms with Gasteiger partial charge in [0.1, 0.15) is 11.8 Å². The zero-order chi connectivity index (χ0) is 21.6. The number of rotatable bonds is 7. The van der Waals surface area contributed by atoms with Crippen LogP contribution in [0.5, 0.6) is 5.75 Å². The molecule has 1 unspecified atom stereocenters. The number of benzene rings is 2. The van der Waals surface area contributed by atoms with Crippen molar-refractivity contribution < 1.29 is 14.3 Å². The number of carbonyl (C=O) groups is 2. The Kier molecular flexibility index (Phi) is 7.68. The molecule has 156 valence electrons. The van der Waals surface area contributed by atoms with Gasteiger partial charge in [-0.05, 0) is 58.4 Å². The fourth-order valence-electron chi connectivity index (χ4n) is 2.73. The van der Waals surface area contributed by atoms with E-state index in [0.29, 0.717) is 10.8 Å². The van der Waals surface area contributed by atoms with Crippen molar-refractivity contribution >= 4 is 23.4 Å². The molecule has 0 fully saturated rings. The highest BCUT2D eigenvalue weighted by Crippen LogP contribution is 2.19. The molecule has 2 aromatic rings. The van der Waals surface area contributed by atoms with E-state index in [1.165, 1.54) is 4.90 Å². The van der Waals surface area contributed by atoms with Gasteiger partial charge in [-0.2, -0.15) is 0 Å². The van der Waals surface area contributed by atoms with Crippen molar-refractivity contribution in [2.24, 2.45) is 0 Å². The average Bonchev–Trinajstić information content (AvgIpc) is 2.65. The Bertz CT molecular complexity index is 844. The van der Waals surface area contributed by atoms with Gasteiger partial charge in [0.2, 0.25) is 5.91 Å². The zero-order valence-corrected chi connectivity index (χ0v) is 18.4. The smallest absolute Gasteiger partial charge is 0.261 e. The summed E-state index contributed by atoms with van der Waals surface area (Å²) in [5.41, 5.74) is 1.48. The summed E-state index contributed by atoms with van der Waals surface area (Å²) < 4.78 is 5.65. The maximum absolute atomic E-state index is 13.0. The quantitative estimate of drug-likeness (QED) is 0.729. The number of nitrogens with one attached hydrogen (secondary N) is 1. The summed E-state index contributed by atoms with van der Waals surface area (Å²) in [5.74, 6) is 0.0868. The monoisotopic (exact) mass is 416 g/mol. The Morgan fingerprint density at radius 2 is 1.72 bits per heavy atom. The number of hydrogen-bond acceptors (Lipinski definition) is 3. The van der Waals surface area contributed by atoms with Gasteiger partial charge in [-0.25, -0.2) is 0 Å². The number of hydrogen-bond donors (Lipinski definition) is 1. The molecule has 0 aliphatic rings. The van der Waals surface area contributed by atoms with E-state index in [2.05, 4.69) is 5.32 Å². The van der Waals surface area contributed by atoms with Gasteiger partial charge in [-0.1, -0.05) is 47.5 Å². The zero-order valence-electron chi connectivity index (χ0n) is 17.7. The van der Waals surface area contributed by atoms with Crippen LogP contribution in [0, 0.1) is 6.92 Å². The molecule has 0 aliphatic carbocycles. The van der Waals surface area contributed by atoms with E-state index >= 15 is 0 Å². The van der Waals surface area contributed by atoms with Crippen LogP contribution in [-0.4, -0.2) is 34.9 Å². The second-order valence-electron chi connectivity index (χ2n) is 8.13. The van der Waals surface area contributed by atoms with Crippen LogP contribution < -0.4 is 10.1 Å². The molecule has 0 spiro atoms. The first-order valence-corrected chi connectivity index (χ1v) is 9.99. The number of ether oxygens (including phenoxy) is 1. The molecule has 2 rings (SSSR count). The van der Waals surface area contributed by atoms with Crippen LogP contribution in [0.1, 0.15) is 38.8 Å². The number of amides is 2. The lowest BCUT2D eigenvalue weighted by atomic mass is 10.1. The summed E-state index contributed by atoms with van der Waals surface area (Å²) in [4.78, 5) is 27.2. The van der Waals surface area contributed by atoms with E-state index in [-0.39, 0.29) is 25.0 Å². The predicted molar refractivity (Wildman–Crippen MR) is 116 cm³/mol. The second kappa shape index (κ2) is 9.79. The van der Waals surface area contributed by atoms with Gasteiger partial charge in [0.25, 0.3) is 5.91 Å². The number of aryl methyl sites for hydroxylation is 1. The largest absolute Gasteiger partial charge is 0.484 e. The first-order valence-electron chi connectivity index (χ1n) is 9.61. The Morgan fingerprint density at radius 1 is 1.10 bits per heavy atom. The maximum atomic E-state index is 13.0. The van der Waals surface area contributed by atoms with Gasteiger partial charge in [0, 0.05) is 17.1 Å². The van der Waals surface area contributed by atoms with Crippen LogP contribution in [0.25, 0.3) is 0 Å². The maximum Gasteiger partial charge on any atom is 0.261 e. The van der Waals surface area contributed by atoms with Gasteiger partial charge in [-0.3, -0.25) is 9.59 Å². The molecule has 0 saturated carbocycles. The summed E-state index contributed by atoms with van der Waals surface area (Å²) in [6.07, 6.45) is 0.